The Morgan fingerprint density at radius 3 is 2.71 bits per heavy atom. The van der Waals surface area contributed by atoms with Crippen molar-refractivity contribution in [1.82, 2.24) is 0 Å². The van der Waals surface area contributed by atoms with Gasteiger partial charge in [0.2, 0.25) is 0 Å². The number of primary amides is 1. The molecule has 0 unspecified atom stereocenters. The van der Waals surface area contributed by atoms with Crippen molar-refractivity contribution in [2.24, 2.45) is 5.73 Å². The number of hydrogen-bond donors (Lipinski definition) is 2. The third-order valence-electron chi connectivity index (χ3n) is 1.57. The van der Waals surface area contributed by atoms with Crippen LogP contribution in [0.2, 0.25) is 5.02 Å². The molecule has 0 saturated heterocycles. The Morgan fingerprint density at radius 2 is 2.21 bits per heavy atom. The minimum Gasteiger partial charge on any atom is -0.409 e. The summed E-state index contributed by atoms with van der Waals surface area (Å²) in [5, 5.41) is 7.66. The summed E-state index contributed by atoms with van der Waals surface area (Å²) in [6.07, 6.45) is -0.924. The van der Waals surface area contributed by atoms with E-state index in [-0.39, 0.29) is 10.8 Å². The molecule has 1 aromatic rings. The van der Waals surface area contributed by atoms with Crippen molar-refractivity contribution in [2.45, 2.75) is 6.92 Å². The molecule has 14 heavy (non-hydrogen) atoms. The van der Waals surface area contributed by atoms with Gasteiger partial charge in [0.1, 0.15) is 0 Å². The van der Waals surface area contributed by atoms with Crippen LogP contribution in [0.15, 0.2) is 18.2 Å². The SMILES string of the molecule is CC(=N)c1ccc(Cl)c(OC(N)=O)c1. The summed E-state index contributed by atoms with van der Waals surface area (Å²) in [6.45, 7) is 1.62. The summed E-state index contributed by atoms with van der Waals surface area (Å²) >= 11 is 5.74. The van der Waals surface area contributed by atoms with Crippen LogP contribution in [-0.4, -0.2) is 11.8 Å². The number of ether oxygens (including phenoxy) is 1. The summed E-state index contributed by atoms with van der Waals surface area (Å²) < 4.78 is 4.65. The first-order valence-electron chi connectivity index (χ1n) is 3.83. The van der Waals surface area contributed by atoms with Gasteiger partial charge in [0.15, 0.2) is 5.75 Å². The molecule has 0 bridgehead atoms. The number of nitrogens with one attached hydrogen (secondary N) is 1. The second kappa shape index (κ2) is 4.11. The molecule has 1 rings (SSSR count). The molecule has 0 heterocycles. The molecule has 1 amide bonds. The number of rotatable bonds is 2. The van der Waals surface area contributed by atoms with E-state index >= 15 is 0 Å². The molecule has 3 N–H and O–H groups in total. The minimum atomic E-state index is -0.924. The van der Waals surface area contributed by atoms with Crippen molar-refractivity contribution >= 4 is 23.4 Å². The van der Waals surface area contributed by atoms with Gasteiger partial charge in [0, 0.05) is 5.71 Å². The molecule has 1 aromatic carbocycles. The molecule has 0 radical (unpaired) electrons. The van der Waals surface area contributed by atoms with E-state index in [1.165, 1.54) is 6.07 Å². The molecular weight excluding hydrogens is 204 g/mol. The summed E-state index contributed by atoms with van der Waals surface area (Å²) in [4.78, 5) is 10.5. The van der Waals surface area contributed by atoms with Gasteiger partial charge in [-0.2, -0.15) is 0 Å². The standard InChI is InChI=1S/C9H9ClN2O2/c1-5(11)6-2-3-7(10)8(4-6)14-9(12)13/h2-4,11H,1H3,(H2,12,13). The zero-order valence-corrected chi connectivity index (χ0v) is 8.26. The number of nitrogens with two attached hydrogens (primary N) is 1. The van der Waals surface area contributed by atoms with Crippen molar-refractivity contribution < 1.29 is 9.53 Å². The summed E-state index contributed by atoms with van der Waals surface area (Å²) in [6, 6.07) is 4.71. The molecule has 0 aliphatic rings. The molecule has 5 heteroatoms. The predicted molar refractivity (Wildman–Crippen MR) is 54.2 cm³/mol. The second-order valence-corrected chi connectivity index (χ2v) is 3.10. The predicted octanol–water partition coefficient (Wildman–Crippen LogP) is 2.19. The fourth-order valence-corrected chi connectivity index (χ4v) is 1.08. The summed E-state index contributed by atoms with van der Waals surface area (Å²) in [7, 11) is 0. The van der Waals surface area contributed by atoms with Crippen LogP contribution in [0.5, 0.6) is 5.75 Å². The van der Waals surface area contributed by atoms with Crippen LogP contribution in [-0.2, 0) is 0 Å². The van der Waals surface area contributed by atoms with Gasteiger partial charge in [-0.1, -0.05) is 17.7 Å². The first-order valence-corrected chi connectivity index (χ1v) is 4.21. The van der Waals surface area contributed by atoms with Gasteiger partial charge in [0.25, 0.3) is 0 Å². The van der Waals surface area contributed by atoms with Crippen molar-refractivity contribution in [1.29, 1.82) is 5.41 Å². The Bertz CT molecular complexity index is 390. The van der Waals surface area contributed by atoms with E-state index in [2.05, 4.69) is 4.74 Å². The zero-order chi connectivity index (χ0) is 10.7. The molecule has 0 aliphatic heterocycles. The van der Waals surface area contributed by atoms with Gasteiger partial charge in [0.05, 0.1) is 5.02 Å². The quantitative estimate of drug-likeness (QED) is 0.738. The summed E-state index contributed by atoms with van der Waals surface area (Å²) in [5.74, 6) is 0.170. The fourth-order valence-electron chi connectivity index (χ4n) is 0.923. The average molecular weight is 213 g/mol. The van der Waals surface area contributed by atoms with Gasteiger partial charge in [-0.05, 0) is 24.6 Å². The molecule has 74 valence electrons. The topological polar surface area (TPSA) is 76.2 Å². The highest BCUT2D eigenvalue weighted by atomic mass is 35.5. The van der Waals surface area contributed by atoms with Crippen molar-refractivity contribution in [3.63, 3.8) is 0 Å². The van der Waals surface area contributed by atoms with Crippen LogP contribution < -0.4 is 10.5 Å². The lowest BCUT2D eigenvalue weighted by Gasteiger charge is -2.05. The molecule has 0 aromatic heterocycles. The zero-order valence-electron chi connectivity index (χ0n) is 7.50. The Labute approximate surface area is 86.1 Å². The van der Waals surface area contributed by atoms with Gasteiger partial charge in [-0.15, -0.1) is 0 Å². The number of carbonyl (C=O) groups is 1. The van der Waals surface area contributed by atoms with E-state index in [9.17, 15) is 4.79 Å². The van der Waals surface area contributed by atoms with Crippen molar-refractivity contribution in [2.75, 3.05) is 0 Å². The Morgan fingerprint density at radius 1 is 1.57 bits per heavy atom. The Balaban J connectivity index is 3.08. The van der Waals surface area contributed by atoms with E-state index < -0.39 is 6.09 Å². The van der Waals surface area contributed by atoms with Crippen LogP contribution in [0.3, 0.4) is 0 Å². The van der Waals surface area contributed by atoms with Crippen molar-refractivity contribution in [3.05, 3.63) is 28.8 Å². The molecule has 0 fully saturated rings. The largest absolute Gasteiger partial charge is 0.410 e. The van der Waals surface area contributed by atoms with Crippen molar-refractivity contribution in [3.8, 4) is 5.75 Å². The lowest BCUT2D eigenvalue weighted by Crippen LogP contribution is -2.16. The van der Waals surface area contributed by atoms with Crippen LogP contribution >= 0.6 is 11.6 Å². The van der Waals surface area contributed by atoms with E-state index in [0.29, 0.717) is 11.3 Å². The van der Waals surface area contributed by atoms with Crippen LogP contribution in [0.4, 0.5) is 4.79 Å². The Hall–Kier alpha value is -1.55. The third-order valence-corrected chi connectivity index (χ3v) is 1.89. The van der Waals surface area contributed by atoms with E-state index in [4.69, 9.17) is 22.7 Å². The highest BCUT2D eigenvalue weighted by Gasteiger charge is 2.06. The van der Waals surface area contributed by atoms with Gasteiger partial charge >= 0.3 is 6.09 Å². The maximum Gasteiger partial charge on any atom is 0.410 e. The maximum atomic E-state index is 10.5. The van der Waals surface area contributed by atoms with Gasteiger partial charge in [-0.3, -0.25) is 0 Å². The summed E-state index contributed by atoms with van der Waals surface area (Å²) in [5.41, 5.74) is 5.83. The number of halogens is 1. The van der Waals surface area contributed by atoms with E-state index in [0.717, 1.165) is 0 Å². The first-order chi connectivity index (χ1) is 6.50. The van der Waals surface area contributed by atoms with Crippen LogP contribution in [0, 0.1) is 5.41 Å². The molecular formula is C9H9ClN2O2. The molecule has 0 aliphatic carbocycles. The van der Waals surface area contributed by atoms with Crippen LogP contribution in [0.1, 0.15) is 12.5 Å². The molecule has 4 nitrogen and oxygen atoms in total. The lowest BCUT2D eigenvalue weighted by atomic mass is 10.1. The number of amides is 1. The second-order valence-electron chi connectivity index (χ2n) is 2.69. The number of carbonyl (C=O) groups excluding carboxylic acids is 1. The molecule has 0 saturated carbocycles. The molecule has 0 spiro atoms. The maximum absolute atomic E-state index is 10.5. The van der Waals surface area contributed by atoms with Crippen LogP contribution in [0.25, 0.3) is 0 Å². The smallest absolute Gasteiger partial charge is 0.409 e. The van der Waals surface area contributed by atoms with E-state index in [1.54, 1.807) is 19.1 Å². The fraction of sp³-hybridized carbons (Fsp3) is 0.111. The number of benzene rings is 1. The first kappa shape index (κ1) is 10.5. The Kier molecular flexibility index (Phi) is 3.09. The molecule has 0 atom stereocenters. The minimum absolute atomic E-state index is 0.170. The number of hydrogen-bond acceptors (Lipinski definition) is 3. The van der Waals surface area contributed by atoms with E-state index in [1.807, 2.05) is 0 Å². The normalized spacial score (nSPS) is 9.57. The third kappa shape index (κ3) is 2.47. The van der Waals surface area contributed by atoms with Gasteiger partial charge in [-0.25, -0.2) is 4.79 Å². The van der Waals surface area contributed by atoms with Gasteiger partial charge < -0.3 is 15.9 Å². The average Bonchev–Trinajstić information content (AvgIpc) is 2.07. The monoisotopic (exact) mass is 212 g/mol. The highest BCUT2D eigenvalue weighted by molar-refractivity contribution is 6.32. The lowest BCUT2D eigenvalue weighted by molar-refractivity contribution is 0.211. The highest BCUT2D eigenvalue weighted by Crippen LogP contribution is 2.25.